The van der Waals surface area contributed by atoms with Gasteiger partial charge in [-0.3, -0.25) is 4.79 Å². The number of fused-ring (bicyclic) bond motifs is 3. The van der Waals surface area contributed by atoms with Gasteiger partial charge in [0.15, 0.2) is 24.4 Å². The highest BCUT2D eigenvalue weighted by molar-refractivity contribution is 7.93. The van der Waals surface area contributed by atoms with E-state index in [-0.39, 0.29) is 31.2 Å². The van der Waals surface area contributed by atoms with Crippen molar-refractivity contribution < 1.29 is 26.0 Å². The summed E-state index contributed by atoms with van der Waals surface area (Å²) in [7, 11) is -7.88. The molecule has 1 fully saturated rings. The van der Waals surface area contributed by atoms with Crippen molar-refractivity contribution >= 4 is 25.6 Å². The Morgan fingerprint density at radius 3 is 2.35 bits per heavy atom. The van der Waals surface area contributed by atoms with E-state index in [9.17, 15) is 26.0 Å². The van der Waals surface area contributed by atoms with E-state index in [1.165, 1.54) is 18.2 Å². The summed E-state index contributed by atoms with van der Waals surface area (Å²) < 4.78 is 61.7. The van der Waals surface area contributed by atoms with Gasteiger partial charge in [-0.05, 0) is 55.4 Å². The van der Waals surface area contributed by atoms with Gasteiger partial charge in [0.25, 0.3) is 0 Å². The lowest BCUT2D eigenvalue weighted by atomic mass is 9.62. The van der Waals surface area contributed by atoms with E-state index in [1.807, 2.05) is 0 Å². The van der Waals surface area contributed by atoms with E-state index in [0.717, 1.165) is 12.5 Å². The van der Waals surface area contributed by atoms with Crippen molar-refractivity contribution in [3.63, 3.8) is 0 Å². The first-order valence-electron chi connectivity index (χ1n) is 8.36. The molecule has 3 unspecified atom stereocenters. The predicted molar refractivity (Wildman–Crippen MR) is 95.4 cm³/mol. The van der Waals surface area contributed by atoms with Crippen LogP contribution >= 0.6 is 0 Å². The molecule has 3 rings (SSSR count). The van der Waals surface area contributed by atoms with Crippen LogP contribution in [0.15, 0.2) is 18.2 Å². The van der Waals surface area contributed by atoms with Gasteiger partial charge in [0, 0.05) is 18.4 Å². The number of hydrogen-bond donors (Lipinski definition) is 1. The zero-order valence-corrected chi connectivity index (χ0v) is 16.3. The molecule has 144 valence electrons. The van der Waals surface area contributed by atoms with E-state index >= 15 is 0 Å². The molecule has 1 amide bonds. The minimum absolute atomic E-state index is 0.0201. The van der Waals surface area contributed by atoms with Crippen LogP contribution in [0.25, 0.3) is 0 Å². The first-order valence-corrected chi connectivity index (χ1v) is 12.1. The van der Waals surface area contributed by atoms with Gasteiger partial charge in [-0.15, -0.1) is 0 Å². The lowest BCUT2D eigenvalue weighted by Gasteiger charge is -2.54. The van der Waals surface area contributed by atoms with E-state index in [2.05, 4.69) is 0 Å². The summed E-state index contributed by atoms with van der Waals surface area (Å²) >= 11 is 0. The van der Waals surface area contributed by atoms with Crippen LogP contribution in [-0.4, -0.2) is 40.0 Å². The summed E-state index contributed by atoms with van der Waals surface area (Å²) in [6.45, 7) is 0. The molecule has 2 aliphatic carbocycles. The average Bonchev–Trinajstić information content (AvgIpc) is 2.51. The maximum Gasteiger partial charge on any atom is 0.239 e. The summed E-state index contributed by atoms with van der Waals surface area (Å²) in [5, 5.41) is 0. The van der Waals surface area contributed by atoms with Gasteiger partial charge in [-0.1, -0.05) is 6.07 Å². The zero-order valence-electron chi connectivity index (χ0n) is 14.7. The highest BCUT2D eigenvalue weighted by Crippen LogP contribution is 2.58. The van der Waals surface area contributed by atoms with E-state index < -0.39 is 46.8 Å². The number of carbonyl (C=O) groups excluding carboxylic acids is 1. The number of halogens is 1. The number of carbonyl (C=O) groups is 1. The van der Waals surface area contributed by atoms with E-state index in [4.69, 9.17) is 5.73 Å². The highest BCUT2D eigenvalue weighted by Gasteiger charge is 2.67. The van der Waals surface area contributed by atoms with Gasteiger partial charge in [-0.25, -0.2) is 21.2 Å². The lowest BCUT2D eigenvalue weighted by Crippen LogP contribution is -2.66. The molecule has 1 aromatic rings. The number of primary amides is 1. The monoisotopic (exact) mass is 403 g/mol. The minimum atomic E-state index is -4.00. The normalized spacial score (nSPS) is 31.7. The van der Waals surface area contributed by atoms with Gasteiger partial charge in [0.1, 0.15) is 10.6 Å². The van der Waals surface area contributed by atoms with Crippen LogP contribution in [0, 0.1) is 11.7 Å². The van der Waals surface area contributed by atoms with Gasteiger partial charge in [0.05, 0.1) is 0 Å². The molecule has 1 aromatic carbocycles. The molecule has 0 spiro atoms. The van der Waals surface area contributed by atoms with Crippen LogP contribution < -0.4 is 5.73 Å². The Balaban J connectivity index is 2.43. The molecule has 0 radical (unpaired) electrons. The molecular weight excluding hydrogens is 381 g/mol. The fraction of sp³-hybridized carbons (Fsp3) is 0.588. The Bertz CT molecular complexity index is 988. The second-order valence-electron chi connectivity index (χ2n) is 7.43. The number of benzene rings is 1. The van der Waals surface area contributed by atoms with Crippen molar-refractivity contribution in [1.82, 2.24) is 0 Å². The van der Waals surface area contributed by atoms with Crippen molar-refractivity contribution in [3.05, 3.63) is 35.1 Å². The maximum absolute atomic E-state index is 14.0. The van der Waals surface area contributed by atoms with Crippen LogP contribution in [0.1, 0.15) is 36.8 Å². The largest absolute Gasteiger partial charge is 0.368 e. The summed E-state index contributed by atoms with van der Waals surface area (Å²) in [4.78, 5) is 12.4. The molecule has 26 heavy (non-hydrogen) atoms. The third-order valence-corrected chi connectivity index (χ3v) is 10.2. The number of amides is 1. The summed E-state index contributed by atoms with van der Waals surface area (Å²) in [5.74, 6) is -2.67. The molecule has 0 aliphatic heterocycles. The van der Waals surface area contributed by atoms with Crippen LogP contribution in [-0.2, 0) is 35.6 Å². The molecule has 3 atom stereocenters. The first kappa shape index (κ1) is 19.3. The summed E-state index contributed by atoms with van der Waals surface area (Å²) in [6, 6.07) is 3.96. The summed E-state index contributed by atoms with van der Waals surface area (Å²) in [5.41, 5.74) is 6.50. The van der Waals surface area contributed by atoms with Crippen molar-refractivity contribution in [2.75, 3.05) is 12.5 Å². The SMILES string of the molecule is CS(=O)(=O)C1(C(N)=O)CCCC2(S(C)(=O)=O)c3cc(F)ccc3CCC12. The molecular formula is C17H22FNO5S2. The zero-order chi connectivity index (χ0) is 19.5. The second kappa shape index (κ2) is 5.76. The van der Waals surface area contributed by atoms with Crippen molar-refractivity contribution in [2.45, 2.75) is 41.6 Å². The third-order valence-electron chi connectivity index (χ3n) is 6.19. The van der Waals surface area contributed by atoms with Gasteiger partial charge in [0.2, 0.25) is 5.91 Å². The first-order chi connectivity index (χ1) is 11.9. The third kappa shape index (κ3) is 2.36. The molecule has 0 saturated heterocycles. The molecule has 2 N–H and O–H groups in total. The quantitative estimate of drug-likeness (QED) is 0.812. The lowest BCUT2D eigenvalue weighted by molar-refractivity contribution is -0.123. The van der Waals surface area contributed by atoms with Crippen molar-refractivity contribution in [1.29, 1.82) is 0 Å². The molecule has 0 bridgehead atoms. The average molecular weight is 403 g/mol. The molecule has 0 aromatic heterocycles. The van der Waals surface area contributed by atoms with Crippen LogP contribution in [0.4, 0.5) is 4.39 Å². The molecule has 1 saturated carbocycles. The summed E-state index contributed by atoms with van der Waals surface area (Å²) in [6.07, 6.45) is 2.81. The number of nitrogens with two attached hydrogens (primary N) is 1. The second-order valence-corrected chi connectivity index (χ2v) is 12.0. The Hall–Kier alpha value is -1.48. The fourth-order valence-corrected chi connectivity index (χ4v) is 8.88. The molecule has 0 heterocycles. The Morgan fingerprint density at radius 2 is 1.81 bits per heavy atom. The van der Waals surface area contributed by atoms with Gasteiger partial charge in [-0.2, -0.15) is 0 Å². The number of rotatable bonds is 3. The minimum Gasteiger partial charge on any atom is -0.368 e. The topological polar surface area (TPSA) is 111 Å². The highest BCUT2D eigenvalue weighted by atomic mass is 32.2. The molecule has 6 nitrogen and oxygen atoms in total. The number of aryl methyl sites for hydroxylation is 1. The number of hydrogen-bond acceptors (Lipinski definition) is 5. The van der Waals surface area contributed by atoms with Crippen LogP contribution in [0.5, 0.6) is 0 Å². The number of sulfone groups is 2. The van der Waals surface area contributed by atoms with E-state index in [0.29, 0.717) is 12.0 Å². The van der Waals surface area contributed by atoms with Crippen molar-refractivity contribution in [2.24, 2.45) is 11.7 Å². The maximum atomic E-state index is 14.0. The van der Waals surface area contributed by atoms with Crippen LogP contribution in [0.2, 0.25) is 0 Å². The van der Waals surface area contributed by atoms with Gasteiger partial charge >= 0.3 is 0 Å². The Labute approximate surface area is 152 Å². The smallest absolute Gasteiger partial charge is 0.239 e. The Morgan fingerprint density at radius 1 is 1.15 bits per heavy atom. The van der Waals surface area contributed by atoms with E-state index in [1.54, 1.807) is 0 Å². The van der Waals surface area contributed by atoms with Crippen LogP contribution in [0.3, 0.4) is 0 Å². The fourth-order valence-electron chi connectivity index (χ4n) is 5.15. The molecule has 2 aliphatic rings. The van der Waals surface area contributed by atoms with Crippen molar-refractivity contribution in [3.8, 4) is 0 Å². The predicted octanol–water partition coefficient (Wildman–Crippen LogP) is 1.08. The molecule has 9 heteroatoms. The standard InChI is InChI=1S/C17H22FNO5S2/c1-25(21,22)16-8-3-9-17(15(19)20,26(2,23)24)14(16)7-5-11-4-6-12(18)10-13(11)16/h4,6,10,14H,3,5,7-9H2,1-2H3,(H2,19,20). The van der Waals surface area contributed by atoms with Gasteiger partial charge < -0.3 is 5.73 Å². The Kier molecular flexibility index (Phi) is 4.27.